The highest BCUT2D eigenvalue weighted by Gasteiger charge is 2.27. The lowest BCUT2D eigenvalue weighted by atomic mass is 10.0. The number of unbranched alkanes of at least 4 members (excludes halogenated alkanes) is 21. The number of nitrogens with two attached hydrogens (primary N) is 1. The van der Waals surface area contributed by atoms with E-state index in [9.17, 15) is 24.5 Å². The summed E-state index contributed by atoms with van der Waals surface area (Å²) in [6.45, 7) is 3.91. The van der Waals surface area contributed by atoms with Gasteiger partial charge in [0, 0.05) is 6.54 Å². The molecular weight excluding hydrogens is 639 g/mol. The Hall–Kier alpha value is -1.06. The van der Waals surface area contributed by atoms with Gasteiger partial charge in [-0.05, 0) is 32.1 Å². The molecule has 0 aliphatic heterocycles. The van der Waals surface area contributed by atoms with Crippen LogP contribution in [0.2, 0.25) is 0 Å². The number of hydrogen-bond acceptors (Lipinski definition) is 7. The molecule has 9 nitrogen and oxygen atoms in total. The number of phosphoric ester groups is 1. The van der Waals surface area contributed by atoms with Crippen molar-refractivity contribution in [3.63, 3.8) is 0 Å². The average Bonchev–Trinajstić information content (AvgIpc) is 3.07. The third-order valence-corrected chi connectivity index (χ3v) is 9.82. The van der Waals surface area contributed by atoms with Crippen molar-refractivity contribution in [3.05, 3.63) is 24.3 Å². The molecule has 0 heterocycles. The minimum atomic E-state index is -4.40. The number of aliphatic hydroxyl groups is 2. The Kier molecular flexibility index (Phi) is 34.6. The van der Waals surface area contributed by atoms with Crippen LogP contribution in [0.1, 0.15) is 181 Å². The highest BCUT2D eigenvalue weighted by atomic mass is 31.2. The zero-order valence-corrected chi connectivity index (χ0v) is 32.4. The summed E-state index contributed by atoms with van der Waals surface area (Å²) in [5, 5.41) is 23.8. The average molecular weight is 717 g/mol. The van der Waals surface area contributed by atoms with Crippen LogP contribution in [0.15, 0.2) is 24.3 Å². The molecule has 0 aliphatic rings. The first-order chi connectivity index (χ1) is 23.8. The lowest BCUT2D eigenvalue weighted by molar-refractivity contribution is -0.124. The minimum absolute atomic E-state index is 0.0457. The zero-order valence-electron chi connectivity index (χ0n) is 31.5. The molecule has 0 saturated heterocycles. The van der Waals surface area contributed by atoms with Crippen LogP contribution in [-0.4, -0.2) is 59.0 Å². The molecule has 0 aliphatic carbocycles. The van der Waals surface area contributed by atoms with Crippen LogP contribution in [0.3, 0.4) is 0 Å². The van der Waals surface area contributed by atoms with Crippen LogP contribution in [0.4, 0.5) is 0 Å². The van der Waals surface area contributed by atoms with Gasteiger partial charge in [-0.1, -0.05) is 167 Å². The lowest BCUT2D eigenvalue weighted by Gasteiger charge is -2.24. The first kappa shape index (κ1) is 47.9. The molecule has 0 radical (unpaired) electrons. The molecule has 0 fully saturated rings. The quantitative estimate of drug-likeness (QED) is 0.0242. The summed E-state index contributed by atoms with van der Waals surface area (Å²) in [5.74, 6) is -0.458. The smallest absolute Gasteiger partial charge is 0.393 e. The van der Waals surface area contributed by atoms with E-state index in [0.717, 1.165) is 32.1 Å². The fourth-order valence-corrected chi connectivity index (χ4v) is 6.54. The van der Waals surface area contributed by atoms with E-state index < -0.39 is 38.6 Å². The van der Waals surface area contributed by atoms with Crippen molar-refractivity contribution in [1.82, 2.24) is 5.32 Å². The Balaban J connectivity index is 4.39. The van der Waals surface area contributed by atoms with E-state index >= 15 is 0 Å². The Morgan fingerprint density at radius 1 is 0.694 bits per heavy atom. The number of amides is 1. The van der Waals surface area contributed by atoms with Gasteiger partial charge in [0.15, 0.2) is 0 Å². The van der Waals surface area contributed by atoms with E-state index in [0.29, 0.717) is 12.8 Å². The Labute approximate surface area is 300 Å². The van der Waals surface area contributed by atoms with E-state index in [1.165, 1.54) is 116 Å². The van der Waals surface area contributed by atoms with Crippen molar-refractivity contribution in [2.75, 3.05) is 19.8 Å². The van der Waals surface area contributed by atoms with Crippen LogP contribution in [0, 0.1) is 0 Å². The van der Waals surface area contributed by atoms with Gasteiger partial charge in [0.1, 0.15) is 0 Å². The summed E-state index contributed by atoms with van der Waals surface area (Å²) in [7, 11) is -4.40. The number of nitrogens with one attached hydrogen (secondary N) is 1. The molecule has 4 unspecified atom stereocenters. The van der Waals surface area contributed by atoms with E-state index in [4.69, 9.17) is 14.8 Å². The normalized spacial score (nSPS) is 15.1. The summed E-state index contributed by atoms with van der Waals surface area (Å²) >= 11 is 0. The Bertz CT molecular complexity index is 842. The molecular formula is C39H77N2O7P. The fraction of sp³-hybridized carbons (Fsp3) is 0.872. The van der Waals surface area contributed by atoms with Gasteiger partial charge in [0.2, 0.25) is 5.91 Å². The predicted octanol–water partition coefficient (Wildman–Crippen LogP) is 9.58. The molecule has 0 aromatic rings. The molecule has 6 N–H and O–H groups in total. The first-order valence-corrected chi connectivity index (χ1v) is 21.5. The summed E-state index contributed by atoms with van der Waals surface area (Å²) in [5.41, 5.74) is 5.34. The molecule has 4 atom stereocenters. The second-order valence-corrected chi connectivity index (χ2v) is 15.1. The van der Waals surface area contributed by atoms with Crippen LogP contribution in [0.5, 0.6) is 0 Å². The second kappa shape index (κ2) is 35.3. The molecule has 0 aromatic heterocycles. The summed E-state index contributed by atoms with van der Waals surface area (Å²) in [4.78, 5) is 22.6. The molecule has 290 valence electrons. The number of carbonyl (C=O) groups excluding carboxylic acids is 1. The Morgan fingerprint density at radius 3 is 1.69 bits per heavy atom. The summed E-state index contributed by atoms with van der Waals surface area (Å²) in [6.07, 6.45) is 35.7. The van der Waals surface area contributed by atoms with Gasteiger partial charge >= 0.3 is 7.82 Å². The number of carbonyl (C=O) groups is 1. The van der Waals surface area contributed by atoms with E-state index in [1.807, 2.05) is 6.08 Å². The lowest BCUT2D eigenvalue weighted by Crippen LogP contribution is -2.46. The van der Waals surface area contributed by atoms with Gasteiger partial charge < -0.3 is 26.2 Å². The van der Waals surface area contributed by atoms with Crippen LogP contribution in [-0.2, 0) is 18.4 Å². The zero-order chi connectivity index (χ0) is 36.3. The van der Waals surface area contributed by atoms with Gasteiger partial charge in [0.05, 0.1) is 37.9 Å². The van der Waals surface area contributed by atoms with E-state index in [-0.39, 0.29) is 19.6 Å². The summed E-state index contributed by atoms with van der Waals surface area (Å²) in [6, 6.07) is -0.993. The highest BCUT2D eigenvalue weighted by molar-refractivity contribution is 7.47. The van der Waals surface area contributed by atoms with Crippen molar-refractivity contribution in [1.29, 1.82) is 0 Å². The van der Waals surface area contributed by atoms with Crippen LogP contribution in [0.25, 0.3) is 0 Å². The maximum Gasteiger partial charge on any atom is 0.472 e. The van der Waals surface area contributed by atoms with Gasteiger partial charge in [0.25, 0.3) is 0 Å². The monoisotopic (exact) mass is 717 g/mol. The molecule has 0 spiro atoms. The number of allylic oxidation sites excluding steroid dienone is 3. The number of rotatable bonds is 37. The maximum absolute atomic E-state index is 12.7. The van der Waals surface area contributed by atoms with Crippen molar-refractivity contribution >= 4 is 13.7 Å². The topological polar surface area (TPSA) is 151 Å². The molecule has 0 bridgehead atoms. The SMILES string of the molecule is CCCCCCCCCCCCCCC/C=C/CC/C=C/C(O)C(COP(=O)(O)OCCN)NC(=O)CC(O)CCCCCCCCCC. The largest absolute Gasteiger partial charge is 0.472 e. The Morgan fingerprint density at radius 2 is 1.16 bits per heavy atom. The minimum Gasteiger partial charge on any atom is -0.393 e. The fourth-order valence-electron chi connectivity index (χ4n) is 5.78. The van der Waals surface area contributed by atoms with Gasteiger partial charge in [-0.2, -0.15) is 0 Å². The maximum atomic E-state index is 12.7. The summed E-state index contributed by atoms with van der Waals surface area (Å²) < 4.78 is 22.0. The second-order valence-electron chi connectivity index (χ2n) is 13.7. The van der Waals surface area contributed by atoms with Gasteiger partial charge in [-0.25, -0.2) is 4.57 Å². The number of hydrogen-bond donors (Lipinski definition) is 5. The number of aliphatic hydroxyl groups excluding tert-OH is 2. The van der Waals surface area contributed by atoms with Crippen molar-refractivity contribution < 1.29 is 33.5 Å². The molecule has 10 heteroatoms. The first-order valence-electron chi connectivity index (χ1n) is 20.0. The highest BCUT2D eigenvalue weighted by Crippen LogP contribution is 2.43. The predicted molar refractivity (Wildman–Crippen MR) is 204 cm³/mol. The van der Waals surface area contributed by atoms with E-state index in [1.54, 1.807) is 6.08 Å². The van der Waals surface area contributed by atoms with Crippen molar-refractivity contribution in [3.8, 4) is 0 Å². The van der Waals surface area contributed by atoms with Gasteiger partial charge in [-0.15, -0.1) is 0 Å². The van der Waals surface area contributed by atoms with Crippen molar-refractivity contribution in [2.45, 2.75) is 199 Å². The van der Waals surface area contributed by atoms with Crippen molar-refractivity contribution in [2.24, 2.45) is 5.73 Å². The molecule has 0 rings (SSSR count). The standard InChI is InChI=1S/C39H77N2O7P/c1-3-5-7-9-11-13-14-15-16-17-18-19-20-21-22-23-25-27-29-31-38(43)37(35-48-49(45,46)47-33-32-40)41-39(44)34-36(42)30-28-26-24-12-10-8-6-4-2/h22-23,29,31,36-38,42-43H,3-21,24-28,30,32-35,40H2,1-2H3,(H,41,44)(H,45,46)/b23-22+,31-29+. The molecule has 0 aromatic carbocycles. The third-order valence-electron chi connectivity index (χ3n) is 8.83. The molecule has 1 amide bonds. The van der Waals surface area contributed by atoms with Crippen LogP contribution >= 0.6 is 7.82 Å². The van der Waals surface area contributed by atoms with E-state index in [2.05, 4.69) is 31.3 Å². The molecule has 49 heavy (non-hydrogen) atoms. The molecule has 0 saturated carbocycles. The van der Waals surface area contributed by atoms with Crippen LogP contribution < -0.4 is 11.1 Å². The van der Waals surface area contributed by atoms with Gasteiger partial charge in [-0.3, -0.25) is 13.8 Å². The number of phosphoric acid groups is 1. The third kappa shape index (κ3) is 33.8.